The number of ether oxygens (including phenoxy) is 2. The van der Waals surface area contributed by atoms with E-state index < -0.39 is 17.3 Å². The van der Waals surface area contributed by atoms with Crippen LogP contribution in [0.4, 0.5) is 0 Å². The number of nitriles is 3. The molecule has 6 heteroatoms. The molecule has 4 rings (SSSR count). The van der Waals surface area contributed by atoms with Gasteiger partial charge in [0.05, 0.1) is 23.9 Å². The van der Waals surface area contributed by atoms with Crippen molar-refractivity contribution in [3.05, 3.63) is 35.4 Å². The first-order valence-electron chi connectivity index (χ1n) is 8.96. The average Bonchev–Trinajstić information content (AvgIpc) is 3.15. The first kappa shape index (κ1) is 17.1. The van der Waals surface area contributed by atoms with Gasteiger partial charge in [0.15, 0.2) is 16.9 Å². The van der Waals surface area contributed by atoms with E-state index in [4.69, 9.17) is 14.9 Å². The molecule has 0 saturated heterocycles. The van der Waals surface area contributed by atoms with E-state index >= 15 is 0 Å². The van der Waals surface area contributed by atoms with Crippen LogP contribution in [-0.2, 0) is 0 Å². The zero-order valence-corrected chi connectivity index (χ0v) is 14.9. The minimum absolute atomic E-state index is 0.116. The molecular formula is C21H18N4O2. The van der Waals surface area contributed by atoms with Crippen molar-refractivity contribution in [1.82, 2.24) is 0 Å². The van der Waals surface area contributed by atoms with Crippen molar-refractivity contribution >= 4 is 5.71 Å². The third kappa shape index (κ3) is 2.32. The van der Waals surface area contributed by atoms with Crippen LogP contribution in [0.25, 0.3) is 0 Å². The highest BCUT2D eigenvalue weighted by Gasteiger charge is 2.57. The number of nitrogens with one attached hydrogen (secondary N) is 1. The zero-order valence-electron chi connectivity index (χ0n) is 14.9. The SMILES string of the molecule is CC1CC=C2C(C#N)C(=N)C(C#N)(C#N)[C@H](c3ccc4c(c3)OCO4)[C@H]2C1. The summed E-state index contributed by atoms with van der Waals surface area (Å²) in [7, 11) is 0. The molecule has 0 radical (unpaired) electrons. The summed E-state index contributed by atoms with van der Waals surface area (Å²) in [6, 6.07) is 11.8. The molecule has 4 atom stereocenters. The molecule has 6 nitrogen and oxygen atoms in total. The summed E-state index contributed by atoms with van der Waals surface area (Å²) in [6.45, 7) is 2.27. The van der Waals surface area contributed by atoms with Crippen LogP contribution in [0, 0.1) is 62.6 Å². The van der Waals surface area contributed by atoms with Crippen molar-refractivity contribution < 1.29 is 9.47 Å². The molecule has 1 aromatic rings. The molecule has 0 spiro atoms. The van der Waals surface area contributed by atoms with Gasteiger partial charge >= 0.3 is 0 Å². The highest BCUT2D eigenvalue weighted by atomic mass is 16.7. The molecular weight excluding hydrogens is 340 g/mol. The summed E-state index contributed by atoms with van der Waals surface area (Å²) < 4.78 is 10.9. The number of hydrogen-bond acceptors (Lipinski definition) is 6. The Labute approximate surface area is 157 Å². The number of hydrogen-bond donors (Lipinski definition) is 1. The van der Waals surface area contributed by atoms with Gasteiger partial charge in [-0.15, -0.1) is 0 Å². The topological polar surface area (TPSA) is 114 Å². The predicted molar refractivity (Wildman–Crippen MR) is 95.8 cm³/mol. The molecule has 1 heterocycles. The van der Waals surface area contributed by atoms with Crippen molar-refractivity contribution in [3.63, 3.8) is 0 Å². The Kier molecular flexibility index (Phi) is 3.90. The second-order valence-corrected chi connectivity index (χ2v) is 7.48. The van der Waals surface area contributed by atoms with Gasteiger partial charge in [0.2, 0.25) is 6.79 Å². The predicted octanol–water partition coefficient (Wildman–Crippen LogP) is 3.68. The van der Waals surface area contributed by atoms with E-state index in [9.17, 15) is 15.8 Å². The summed E-state index contributed by atoms with van der Waals surface area (Å²) in [5, 5.41) is 38.3. The molecule has 0 bridgehead atoms. The second-order valence-electron chi connectivity index (χ2n) is 7.48. The van der Waals surface area contributed by atoms with Crippen LogP contribution < -0.4 is 9.47 Å². The number of nitrogens with zero attached hydrogens (tertiary/aromatic N) is 3. The van der Waals surface area contributed by atoms with Gasteiger partial charge in [0.1, 0.15) is 5.92 Å². The first-order chi connectivity index (χ1) is 13.1. The van der Waals surface area contributed by atoms with Crippen molar-refractivity contribution in [3.8, 4) is 29.7 Å². The lowest BCUT2D eigenvalue weighted by Gasteiger charge is -2.46. The van der Waals surface area contributed by atoms with Crippen LogP contribution in [0.5, 0.6) is 11.5 Å². The smallest absolute Gasteiger partial charge is 0.231 e. The fourth-order valence-corrected chi connectivity index (χ4v) is 4.69. The second kappa shape index (κ2) is 6.15. The molecule has 1 aromatic carbocycles. The van der Waals surface area contributed by atoms with Crippen LogP contribution in [0.1, 0.15) is 31.2 Å². The fraction of sp³-hybridized carbons (Fsp3) is 0.429. The normalized spacial score (nSPS) is 30.3. The minimum Gasteiger partial charge on any atom is -0.454 e. The van der Waals surface area contributed by atoms with Crippen LogP contribution >= 0.6 is 0 Å². The summed E-state index contributed by atoms with van der Waals surface area (Å²) >= 11 is 0. The third-order valence-electron chi connectivity index (χ3n) is 5.99. The van der Waals surface area contributed by atoms with Crippen molar-refractivity contribution in [2.45, 2.75) is 25.7 Å². The minimum atomic E-state index is -1.67. The van der Waals surface area contributed by atoms with E-state index in [1.807, 2.05) is 18.2 Å². The number of benzene rings is 1. The summed E-state index contributed by atoms with van der Waals surface area (Å²) in [4.78, 5) is 0. The Morgan fingerprint density at radius 1 is 1.15 bits per heavy atom. The Balaban J connectivity index is 1.93. The highest BCUT2D eigenvalue weighted by Crippen LogP contribution is 2.56. The molecule has 27 heavy (non-hydrogen) atoms. The van der Waals surface area contributed by atoms with Gasteiger partial charge in [-0.3, -0.25) is 0 Å². The number of rotatable bonds is 1. The molecule has 2 unspecified atom stereocenters. The van der Waals surface area contributed by atoms with Gasteiger partial charge in [-0.1, -0.05) is 19.1 Å². The van der Waals surface area contributed by atoms with E-state index in [0.29, 0.717) is 17.4 Å². The van der Waals surface area contributed by atoms with Crippen LogP contribution in [-0.4, -0.2) is 12.5 Å². The van der Waals surface area contributed by atoms with Crippen molar-refractivity contribution in [1.29, 1.82) is 21.2 Å². The Bertz CT molecular complexity index is 961. The first-order valence-corrected chi connectivity index (χ1v) is 8.96. The molecule has 1 fully saturated rings. The van der Waals surface area contributed by atoms with Crippen molar-refractivity contribution in [2.24, 2.45) is 23.2 Å². The highest BCUT2D eigenvalue weighted by molar-refractivity contribution is 6.00. The van der Waals surface area contributed by atoms with E-state index in [1.165, 1.54) is 0 Å². The molecule has 1 N–H and O–H groups in total. The van der Waals surface area contributed by atoms with Gasteiger partial charge in [0, 0.05) is 5.92 Å². The van der Waals surface area contributed by atoms with E-state index in [-0.39, 0.29) is 18.4 Å². The standard InChI is InChI=1S/C21H18N4O2/c1-12-2-4-14-15(6-12)19(13-3-5-17-18(7-13)27-11-26-17)21(9-23,10-24)20(25)16(14)8-22/h3-5,7,12,15-16,19,25H,2,6,11H2,1H3/t12?,15-,16?,19+/m0/s1. The van der Waals surface area contributed by atoms with E-state index in [2.05, 4.69) is 25.1 Å². The van der Waals surface area contributed by atoms with Crippen LogP contribution in [0.2, 0.25) is 0 Å². The molecule has 1 aliphatic heterocycles. The summed E-state index contributed by atoms with van der Waals surface area (Å²) in [6.07, 6.45) is 3.67. The molecule has 134 valence electrons. The maximum Gasteiger partial charge on any atom is 0.231 e. The summed E-state index contributed by atoms with van der Waals surface area (Å²) in [5.41, 5.74) is -0.139. The largest absolute Gasteiger partial charge is 0.454 e. The zero-order chi connectivity index (χ0) is 19.2. The fourth-order valence-electron chi connectivity index (χ4n) is 4.69. The van der Waals surface area contributed by atoms with Crippen LogP contribution in [0.3, 0.4) is 0 Å². The molecule has 3 aliphatic rings. The number of allylic oxidation sites excluding steroid dienone is 2. The third-order valence-corrected chi connectivity index (χ3v) is 5.99. The average molecular weight is 358 g/mol. The number of fused-ring (bicyclic) bond motifs is 2. The Morgan fingerprint density at radius 2 is 1.89 bits per heavy atom. The monoisotopic (exact) mass is 358 g/mol. The van der Waals surface area contributed by atoms with Crippen LogP contribution in [0.15, 0.2) is 29.8 Å². The lowest BCUT2D eigenvalue weighted by atomic mass is 9.52. The molecule has 0 amide bonds. The Morgan fingerprint density at radius 3 is 2.59 bits per heavy atom. The maximum absolute atomic E-state index is 10.0. The molecule has 1 saturated carbocycles. The summed E-state index contributed by atoms with van der Waals surface area (Å²) in [5.74, 6) is 0.136. The quantitative estimate of drug-likeness (QED) is 0.769. The van der Waals surface area contributed by atoms with Crippen molar-refractivity contribution in [2.75, 3.05) is 6.79 Å². The van der Waals surface area contributed by atoms with Gasteiger partial charge in [-0.25, -0.2) is 0 Å². The van der Waals surface area contributed by atoms with Gasteiger partial charge in [0.25, 0.3) is 0 Å². The van der Waals surface area contributed by atoms with Gasteiger partial charge in [-0.2, -0.15) is 15.8 Å². The lowest BCUT2D eigenvalue weighted by Crippen LogP contribution is -2.49. The lowest BCUT2D eigenvalue weighted by molar-refractivity contribution is 0.174. The Hall–Kier alpha value is -3.30. The van der Waals surface area contributed by atoms with E-state index in [1.54, 1.807) is 6.07 Å². The van der Waals surface area contributed by atoms with Gasteiger partial charge < -0.3 is 14.9 Å². The molecule has 0 aromatic heterocycles. The molecule has 2 aliphatic carbocycles. The maximum atomic E-state index is 10.0. The van der Waals surface area contributed by atoms with E-state index in [0.717, 1.165) is 24.0 Å². The van der Waals surface area contributed by atoms with Gasteiger partial charge in [-0.05, 0) is 47.9 Å².